The van der Waals surface area contributed by atoms with Gasteiger partial charge >= 0.3 is 0 Å². The molecule has 0 aliphatic heterocycles. The molecule has 4 heteroatoms. The first-order valence-corrected chi connectivity index (χ1v) is 7.07. The van der Waals surface area contributed by atoms with Crippen molar-refractivity contribution in [3.05, 3.63) is 35.4 Å². The van der Waals surface area contributed by atoms with E-state index in [1.54, 1.807) is 24.3 Å². The average molecular weight is 309 g/mol. The lowest BCUT2D eigenvalue weighted by molar-refractivity contribution is 0.0925. The topological polar surface area (TPSA) is 52.9 Å². The lowest BCUT2D eigenvalue weighted by atomic mass is 10.0. The van der Waals surface area contributed by atoms with Crippen molar-refractivity contribution in [2.24, 2.45) is 5.92 Å². The Morgan fingerprint density at radius 2 is 2.00 bits per heavy atom. The number of alkyl halides is 1. The van der Waals surface area contributed by atoms with Crippen molar-refractivity contribution in [3.8, 4) is 6.07 Å². The number of halogens is 1. The second-order valence-corrected chi connectivity index (χ2v) is 5.28. The van der Waals surface area contributed by atoms with Crippen LogP contribution in [0.2, 0.25) is 0 Å². The third kappa shape index (κ3) is 4.15. The first kappa shape index (κ1) is 14.7. The van der Waals surface area contributed by atoms with Crippen LogP contribution in [0, 0.1) is 17.2 Å². The second-order valence-electron chi connectivity index (χ2n) is 4.49. The molecule has 1 unspecified atom stereocenters. The van der Waals surface area contributed by atoms with Crippen molar-refractivity contribution in [2.75, 3.05) is 5.33 Å². The molecule has 0 aliphatic rings. The SMILES string of the molecule is CC(C)C(CCBr)NC(=O)c1ccc(C#N)cc1. The Morgan fingerprint density at radius 3 is 2.44 bits per heavy atom. The van der Waals surface area contributed by atoms with Crippen LogP contribution in [0.1, 0.15) is 36.2 Å². The molecule has 1 aromatic carbocycles. The predicted octanol–water partition coefficient (Wildman–Crippen LogP) is 3.10. The van der Waals surface area contributed by atoms with E-state index in [-0.39, 0.29) is 11.9 Å². The molecule has 3 nitrogen and oxygen atoms in total. The van der Waals surface area contributed by atoms with E-state index in [4.69, 9.17) is 5.26 Å². The van der Waals surface area contributed by atoms with Gasteiger partial charge in [0.05, 0.1) is 11.6 Å². The zero-order chi connectivity index (χ0) is 13.5. The standard InChI is InChI=1S/C14H17BrN2O/c1-10(2)13(7-8-15)17-14(18)12-5-3-11(9-16)4-6-12/h3-6,10,13H,7-8H2,1-2H3,(H,17,18). The van der Waals surface area contributed by atoms with E-state index in [0.29, 0.717) is 17.0 Å². The number of nitrogens with one attached hydrogen (secondary N) is 1. The van der Waals surface area contributed by atoms with Crippen LogP contribution in [0.5, 0.6) is 0 Å². The van der Waals surface area contributed by atoms with Crippen molar-refractivity contribution < 1.29 is 4.79 Å². The Bertz CT molecular complexity index is 434. The van der Waals surface area contributed by atoms with E-state index in [1.165, 1.54) is 0 Å². The van der Waals surface area contributed by atoms with Gasteiger partial charge in [-0.1, -0.05) is 29.8 Å². The molecule has 96 valence electrons. The highest BCUT2D eigenvalue weighted by atomic mass is 79.9. The molecule has 18 heavy (non-hydrogen) atoms. The minimum atomic E-state index is -0.0841. The fourth-order valence-electron chi connectivity index (χ4n) is 1.64. The molecule has 0 saturated heterocycles. The van der Waals surface area contributed by atoms with Gasteiger partial charge in [0.25, 0.3) is 5.91 Å². The maximum atomic E-state index is 12.0. The number of rotatable bonds is 5. The summed E-state index contributed by atoms with van der Waals surface area (Å²) in [6.45, 7) is 4.18. The largest absolute Gasteiger partial charge is 0.349 e. The molecule has 1 aromatic rings. The summed E-state index contributed by atoms with van der Waals surface area (Å²) in [5.74, 6) is 0.309. The first-order valence-electron chi connectivity index (χ1n) is 5.95. The lowest BCUT2D eigenvalue weighted by Gasteiger charge is -2.21. The van der Waals surface area contributed by atoms with Gasteiger partial charge < -0.3 is 5.32 Å². The molecular formula is C14H17BrN2O. The highest BCUT2D eigenvalue weighted by Crippen LogP contribution is 2.10. The van der Waals surface area contributed by atoms with Crippen molar-refractivity contribution in [1.82, 2.24) is 5.32 Å². The summed E-state index contributed by atoms with van der Waals surface area (Å²) >= 11 is 3.40. The van der Waals surface area contributed by atoms with Crippen LogP contribution >= 0.6 is 15.9 Å². The predicted molar refractivity (Wildman–Crippen MR) is 75.7 cm³/mol. The molecule has 0 fully saturated rings. The van der Waals surface area contributed by atoms with Gasteiger partial charge in [-0.2, -0.15) is 5.26 Å². The molecule has 0 aliphatic carbocycles. The number of nitrogens with zero attached hydrogens (tertiary/aromatic N) is 1. The van der Waals surface area contributed by atoms with Crippen molar-refractivity contribution >= 4 is 21.8 Å². The van der Waals surface area contributed by atoms with Crippen LogP contribution in [0.25, 0.3) is 0 Å². The van der Waals surface area contributed by atoms with Gasteiger partial charge in [-0.25, -0.2) is 0 Å². The third-order valence-corrected chi connectivity index (χ3v) is 3.28. The lowest BCUT2D eigenvalue weighted by Crippen LogP contribution is -2.38. The summed E-state index contributed by atoms with van der Waals surface area (Å²) in [7, 11) is 0. The molecule has 0 aromatic heterocycles. The van der Waals surface area contributed by atoms with Crippen LogP contribution in [0.4, 0.5) is 0 Å². The normalized spacial score (nSPS) is 11.9. The van der Waals surface area contributed by atoms with Crippen molar-refractivity contribution in [2.45, 2.75) is 26.3 Å². The van der Waals surface area contributed by atoms with E-state index in [2.05, 4.69) is 35.1 Å². The maximum absolute atomic E-state index is 12.0. The molecule has 1 amide bonds. The van der Waals surface area contributed by atoms with Gasteiger partial charge in [-0.3, -0.25) is 4.79 Å². The molecule has 0 bridgehead atoms. The summed E-state index contributed by atoms with van der Waals surface area (Å²) in [5, 5.41) is 12.6. The van der Waals surface area contributed by atoms with Gasteiger partial charge in [0.2, 0.25) is 0 Å². The number of amides is 1. The molecule has 0 spiro atoms. The second kappa shape index (κ2) is 7.17. The maximum Gasteiger partial charge on any atom is 0.251 e. The number of hydrogen-bond donors (Lipinski definition) is 1. The molecule has 0 radical (unpaired) electrons. The van der Waals surface area contributed by atoms with Gasteiger partial charge in [0, 0.05) is 16.9 Å². The van der Waals surface area contributed by atoms with E-state index >= 15 is 0 Å². The summed E-state index contributed by atoms with van der Waals surface area (Å²) in [4.78, 5) is 12.0. The molecule has 1 rings (SSSR count). The minimum Gasteiger partial charge on any atom is -0.349 e. The summed E-state index contributed by atoms with van der Waals surface area (Å²) in [5.41, 5.74) is 1.15. The van der Waals surface area contributed by atoms with Crippen LogP contribution < -0.4 is 5.32 Å². The molecule has 0 heterocycles. The molecule has 0 saturated carbocycles. The monoisotopic (exact) mass is 308 g/mol. The third-order valence-electron chi connectivity index (χ3n) is 2.82. The van der Waals surface area contributed by atoms with Gasteiger partial charge in [0.15, 0.2) is 0 Å². The molecule has 1 atom stereocenters. The smallest absolute Gasteiger partial charge is 0.251 e. The highest BCUT2D eigenvalue weighted by Gasteiger charge is 2.16. The number of nitriles is 1. The quantitative estimate of drug-likeness (QED) is 0.850. The van der Waals surface area contributed by atoms with Crippen LogP contribution in [-0.4, -0.2) is 17.3 Å². The van der Waals surface area contributed by atoms with Crippen molar-refractivity contribution in [3.63, 3.8) is 0 Å². The Hall–Kier alpha value is -1.34. The van der Waals surface area contributed by atoms with Crippen LogP contribution in [0.3, 0.4) is 0 Å². The fourth-order valence-corrected chi connectivity index (χ4v) is 2.13. The average Bonchev–Trinajstić information content (AvgIpc) is 2.38. The number of hydrogen-bond acceptors (Lipinski definition) is 2. The Labute approximate surface area is 116 Å². The summed E-state index contributed by atoms with van der Waals surface area (Å²) in [6.07, 6.45) is 0.902. The zero-order valence-corrected chi connectivity index (χ0v) is 12.2. The van der Waals surface area contributed by atoms with Gasteiger partial charge in [-0.05, 0) is 36.6 Å². The van der Waals surface area contributed by atoms with E-state index in [9.17, 15) is 4.79 Å². The summed E-state index contributed by atoms with van der Waals surface area (Å²) < 4.78 is 0. The number of carbonyl (C=O) groups excluding carboxylic acids is 1. The first-order chi connectivity index (χ1) is 8.58. The van der Waals surface area contributed by atoms with Gasteiger partial charge in [0.1, 0.15) is 0 Å². The van der Waals surface area contributed by atoms with Crippen LogP contribution in [-0.2, 0) is 0 Å². The van der Waals surface area contributed by atoms with Crippen LogP contribution in [0.15, 0.2) is 24.3 Å². The highest BCUT2D eigenvalue weighted by molar-refractivity contribution is 9.09. The molecule has 1 N–H and O–H groups in total. The molecular weight excluding hydrogens is 292 g/mol. The van der Waals surface area contributed by atoms with Gasteiger partial charge in [-0.15, -0.1) is 0 Å². The number of benzene rings is 1. The minimum absolute atomic E-state index is 0.0841. The van der Waals surface area contributed by atoms with Crippen molar-refractivity contribution in [1.29, 1.82) is 5.26 Å². The summed E-state index contributed by atoms with van der Waals surface area (Å²) in [6, 6.07) is 8.87. The van der Waals surface area contributed by atoms with E-state index < -0.39 is 0 Å². The zero-order valence-electron chi connectivity index (χ0n) is 10.6. The fraction of sp³-hybridized carbons (Fsp3) is 0.429. The number of carbonyl (C=O) groups is 1. The van der Waals surface area contributed by atoms with E-state index in [0.717, 1.165) is 11.8 Å². The van der Waals surface area contributed by atoms with E-state index in [1.807, 2.05) is 6.07 Å². The Kier molecular flexibility index (Phi) is 5.87. The Morgan fingerprint density at radius 1 is 1.39 bits per heavy atom. The Balaban J connectivity index is 2.71.